The fourth-order valence-corrected chi connectivity index (χ4v) is 2.64. The molecule has 0 radical (unpaired) electrons. The summed E-state index contributed by atoms with van der Waals surface area (Å²) in [5, 5.41) is 11.6. The van der Waals surface area contributed by atoms with Gasteiger partial charge in [-0.3, -0.25) is 9.59 Å². The summed E-state index contributed by atoms with van der Waals surface area (Å²) < 4.78 is 13.3. The van der Waals surface area contributed by atoms with Crippen LogP contribution >= 0.6 is 15.9 Å². The Bertz CT molecular complexity index is 521. The molecular weight excluding hydrogens is 317 g/mol. The minimum atomic E-state index is -0.847. The van der Waals surface area contributed by atoms with Gasteiger partial charge in [-0.2, -0.15) is 0 Å². The first kappa shape index (κ1) is 14.0. The van der Waals surface area contributed by atoms with Crippen LogP contribution in [0.25, 0.3) is 0 Å². The summed E-state index contributed by atoms with van der Waals surface area (Å²) in [6.07, 6.45) is 1.47. The van der Waals surface area contributed by atoms with Crippen LogP contribution in [-0.2, 0) is 9.59 Å². The van der Waals surface area contributed by atoms with Gasteiger partial charge in [0, 0.05) is 11.6 Å². The summed E-state index contributed by atoms with van der Waals surface area (Å²) in [6, 6.07) is 4.22. The lowest BCUT2D eigenvalue weighted by molar-refractivity contribution is -0.141. The highest BCUT2D eigenvalue weighted by Crippen LogP contribution is 2.32. The first-order valence-corrected chi connectivity index (χ1v) is 6.75. The summed E-state index contributed by atoms with van der Waals surface area (Å²) in [6.45, 7) is 0. The van der Waals surface area contributed by atoms with E-state index in [2.05, 4.69) is 21.2 Å². The van der Waals surface area contributed by atoms with Gasteiger partial charge < -0.3 is 10.4 Å². The van der Waals surface area contributed by atoms with Gasteiger partial charge in [-0.05, 0) is 53.4 Å². The number of carboxylic acids is 1. The molecule has 1 amide bonds. The molecule has 2 N–H and O–H groups in total. The molecule has 2 atom stereocenters. The van der Waals surface area contributed by atoms with Crippen LogP contribution in [0.2, 0.25) is 0 Å². The van der Waals surface area contributed by atoms with Crippen LogP contribution in [0.1, 0.15) is 19.3 Å². The van der Waals surface area contributed by atoms with Crippen molar-refractivity contribution < 1.29 is 19.1 Å². The highest BCUT2D eigenvalue weighted by atomic mass is 79.9. The molecule has 1 fully saturated rings. The van der Waals surface area contributed by atoms with Crippen molar-refractivity contribution in [1.29, 1.82) is 0 Å². The summed E-state index contributed by atoms with van der Waals surface area (Å²) in [5.41, 5.74) is 0.497. The molecule has 6 heteroatoms. The molecule has 0 saturated heterocycles. The van der Waals surface area contributed by atoms with Crippen molar-refractivity contribution in [3.8, 4) is 0 Å². The van der Waals surface area contributed by atoms with Crippen LogP contribution in [0, 0.1) is 17.7 Å². The number of amides is 1. The minimum absolute atomic E-state index is 0.206. The third-order valence-corrected chi connectivity index (χ3v) is 3.95. The third-order valence-electron chi connectivity index (χ3n) is 3.34. The minimum Gasteiger partial charge on any atom is -0.481 e. The van der Waals surface area contributed by atoms with E-state index in [1.54, 1.807) is 0 Å². The molecule has 1 aliphatic rings. The van der Waals surface area contributed by atoms with Crippen molar-refractivity contribution >= 4 is 33.5 Å². The predicted molar refractivity (Wildman–Crippen MR) is 71.2 cm³/mol. The van der Waals surface area contributed by atoms with Crippen LogP contribution in [0.15, 0.2) is 22.7 Å². The number of rotatable bonds is 3. The zero-order valence-corrected chi connectivity index (χ0v) is 11.6. The molecule has 0 bridgehead atoms. The van der Waals surface area contributed by atoms with Gasteiger partial charge in [-0.25, -0.2) is 4.39 Å². The second kappa shape index (κ2) is 5.69. The maximum Gasteiger partial charge on any atom is 0.306 e. The molecule has 1 aromatic carbocycles. The fraction of sp³-hybridized carbons (Fsp3) is 0.385. The van der Waals surface area contributed by atoms with Gasteiger partial charge in [0.05, 0.1) is 10.4 Å². The summed E-state index contributed by atoms with van der Waals surface area (Å²) in [4.78, 5) is 22.8. The van der Waals surface area contributed by atoms with Crippen molar-refractivity contribution in [3.05, 3.63) is 28.5 Å². The average Bonchev–Trinajstić information content (AvgIpc) is 2.83. The quantitative estimate of drug-likeness (QED) is 0.895. The van der Waals surface area contributed by atoms with Gasteiger partial charge in [-0.15, -0.1) is 0 Å². The topological polar surface area (TPSA) is 66.4 Å². The summed E-state index contributed by atoms with van der Waals surface area (Å²) in [7, 11) is 0. The van der Waals surface area contributed by atoms with Gasteiger partial charge in [0.15, 0.2) is 0 Å². The van der Waals surface area contributed by atoms with Crippen LogP contribution in [0.4, 0.5) is 10.1 Å². The van der Waals surface area contributed by atoms with E-state index < -0.39 is 17.7 Å². The number of hydrogen-bond donors (Lipinski definition) is 2. The van der Waals surface area contributed by atoms with E-state index in [1.807, 2.05) is 0 Å². The molecule has 19 heavy (non-hydrogen) atoms. The number of benzene rings is 1. The van der Waals surface area contributed by atoms with Crippen LogP contribution in [0.5, 0.6) is 0 Å². The number of carbonyl (C=O) groups excluding carboxylic acids is 1. The molecule has 0 aliphatic heterocycles. The van der Waals surface area contributed by atoms with Gasteiger partial charge in [0.25, 0.3) is 0 Å². The zero-order chi connectivity index (χ0) is 14.0. The lowest BCUT2D eigenvalue weighted by atomic mass is 10.0. The monoisotopic (exact) mass is 329 g/mol. The number of halogens is 2. The molecule has 102 valence electrons. The standard InChI is InChI=1S/C13H13BrFNO3/c14-10-6-9(3-4-11(10)15)16-12(17)7-1-2-8(5-7)13(18)19/h3-4,6-8H,1-2,5H2,(H,16,17)(H,18,19)/t7-,8+/m0/s1. The fourth-order valence-electron chi connectivity index (χ4n) is 2.26. The van der Waals surface area contributed by atoms with Crippen molar-refractivity contribution in [1.82, 2.24) is 0 Å². The molecule has 2 rings (SSSR count). The normalized spacial score (nSPS) is 22.2. The first-order chi connectivity index (χ1) is 8.97. The van der Waals surface area contributed by atoms with Crippen molar-refractivity contribution in [2.24, 2.45) is 11.8 Å². The number of nitrogens with one attached hydrogen (secondary N) is 1. The first-order valence-electron chi connectivity index (χ1n) is 5.96. The highest BCUT2D eigenvalue weighted by molar-refractivity contribution is 9.10. The lowest BCUT2D eigenvalue weighted by Crippen LogP contribution is -2.21. The maximum atomic E-state index is 13.1. The van der Waals surface area contributed by atoms with E-state index in [-0.39, 0.29) is 16.3 Å². The highest BCUT2D eigenvalue weighted by Gasteiger charge is 2.33. The van der Waals surface area contributed by atoms with E-state index in [9.17, 15) is 14.0 Å². The largest absolute Gasteiger partial charge is 0.481 e. The smallest absolute Gasteiger partial charge is 0.306 e. The Morgan fingerprint density at radius 2 is 2.00 bits per heavy atom. The number of carbonyl (C=O) groups is 2. The van der Waals surface area contributed by atoms with E-state index in [0.29, 0.717) is 24.9 Å². The van der Waals surface area contributed by atoms with Gasteiger partial charge in [0.2, 0.25) is 5.91 Å². The van der Waals surface area contributed by atoms with E-state index >= 15 is 0 Å². The Morgan fingerprint density at radius 3 is 2.58 bits per heavy atom. The number of carboxylic acid groups (broad SMARTS) is 1. The number of anilines is 1. The molecule has 0 spiro atoms. The Hall–Kier alpha value is -1.43. The second-order valence-corrected chi connectivity index (χ2v) is 5.52. The van der Waals surface area contributed by atoms with Crippen molar-refractivity contribution in [2.75, 3.05) is 5.32 Å². The predicted octanol–water partition coefficient (Wildman–Crippen LogP) is 3.03. The van der Waals surface area contributed by atoms with Crippen LogP contribution in [0.3, 0.4) is 0 Å². The van der Waals surface area contributed by atoms with Crippen molar-refractivity contribution in [3.63, 3.8) is 0 Å². The molecule has 0 unspecified atom stereocenters. The Kier molecular flexibility index (Phi) is 4.19. The van der Waals surface area contributed by atoms with E-state index in [4.69, 9.17) is 5.11 Å². The number of hydrogen-bond acceptors (Lipinski definition) is 2. The summed E-state index contributed by atoms with van der Waals surface area (Å²) in [5.74, 6) is -2.17. The zero-order valence-electron chi connectivity index (χ0n) is 10.0. The Labute approximate surface area is 118 Å². The van der Waals surface area contributed by atoms with Crippen molar-refractivity contribution in [2.45, 2.75) is 19.3 Å². The Balaban J connectivity index is 1.98. The molecule has 1 aliphatic carbocycles. The van der Waals surface area contributed by atoms with Gasteiger partial charge in [0.1, 0.15) is 5.82 Å². The molecular formula is C13H13BrFNO3. The van der Waals surface area contributed by atoms with Crippen LogP contribution in [-0.4, -0.2) is 17.0 Å². The molecule has 1 saturated carbocycles. The second-order valence-electron chi connectivity index (χ2n) is 4.66. The van der Waals surface area contributed by atoms with Crippen LogP contribution < -0.4 is 5.32 Å². The molecule has 1 aromatic rings. The maximum absolute atomic E-state index is 13.1. The third kappa shape index (κ3) is 3.32. The average molecular weight is 330 g/mol. The van der Waals surface area contributed by atoms with Gasteiger partial charge >= 0.3 is 5.97 Å². The lowest BCUT2D eigenvalue weighted by Gasteiger charge is -2.11. The van der Waals surface area contributed by atoms with Gasteiger partial charge in [-0.1, -0.05) is 0 Å². The van der Waals surface area contributed by atoms with E-state index in [1.165, 1.54) is 18.2 Å². The molecule has 4 nitrogen and oxygen atoms in total. The molecule has 0 aromatic heterocycles. The number of aliphatic carboxylic acids is 1. The van der Waals surface area contributed by atoms with E-state index in [0.717, 1.165) is 0 Å². The SMILES string of the molecule is O=C(O)[C@@H]1CC[C@H](C(=O)Nc2ccc(F)c(Br)c2)C1. The Morgan fingerprint density at radius 1 is 1.32 bits per heavy atom. The molecule has 0 heterocycles. The summed E-state index contributed by atoms with van der Waals surface area (Å²) >= 11 is 3.04.